The number of anilines is 1. The number of rotatable bonds is 4. The molecule has 10 nitrogen and oxygen atoms in total. The van der Waals surface area contributed by atoms with Crippen molar-refractivity contribution in [3.63, 3.8) is 0 Å². The van der Waals surface area contributed by atoms with Gasteiger partial charge in [-0.2, -0.15) is 0 Å². The quantitative estimate of drug-likeness (QED) is 0.481. The molecule has 0 bridgehead atoms. The average Bonchev–Trinajstić information content (AvgIpc) is 3.35. The highest BCUT2D eigenvalue weighted by Gasteiger charge is 2.23. The van der Waals surface area contributed by atoms with E-state index in [2.05, 4.69) is 35.1 Å². The van der Waals surface area contributed by atoms with Crippen LogP contribution < -0.4 is 10.5 Å². The van der Waals surface area contributed by atoms with Crippen molar-refractivity contribution >= 4 is 17.5 Å². The third-order valence-corrected chi connectivity index (χ3v) is 5.50. The molecule has 4 aromatic rings. The fourth-order valence-electron chi connectivity index (χ4n) is 3.65. The third kappa shape index (κ3) is 3.81. The molecule has 5 rings (SSSR count). The molecule has 1 aliphatic heterocycles. The molecular formula is C20H20ClN9O. The van der Waals surface area contributed by atoms with Gasteiger partial charge in [0.2, 0.25) is 5.95 Å². The molecule has 4 heterocycles. The molecule has 3 aromatic heterocycles. The summed E-state index contributed by atoms with van der Waals surface area (Å²) in [7, 11) is 1.72. The van der Waals surface area contributed by atoms with Gasteiger partial charge >= 0.3 is 0 Å². The Balaban J connectivity index is 1.44. The highest BCUT2D eigenvalue weighted by Crippen LogP contribution is 2.26. The van der Waals surface area contributed by atoms with Crippen molar-refractivity contribution in [3.8, 4) is 17.1 Å². The predicted octanol–water partition coefficient (Wildman–Crippen LogP) is 2.07. The Bertz CT molecular complexity index is 1290. The monoisotopic (exact) mass is 437 g/mol. The number of hydrogen-bond donors (Lipinski definition) is 0. The van der Waals surface area contributed by atoms with Crippen LogP contribution in [-0.4, -0.2) is 46.1 Å². The van der Waals surface area contributed by atoms with E-state index in [0.29, 0.717) is 23.2 Å². The van der Waals surface area contributed by atoms with Gasteiger partial charge in [0, 0.05) is 43.0 Å². The molecular weight excluding hydrogens is 418 g/mol. The van der Waals surface area contributed by atoms with Crippen LogP contribution >= 0.6 is 11.6 Å². The molecule has 0 fully saturated rings. The summed E-state index contributed by atoms with van der Waals surface area (Å²) in [4.78, 5) is 15.6. The van der Waals surface area contributed by atoms with Gasteiger partial charge in [-0.3, -0.25) is 9.36 Å². The summed E-state index contributed by atoms with van der Waals surface area (Å²) in [5, 5.41) is 22.3. The van der Waals surface area contributed by atoms with E-state index in [9.17, 15) is 4.79 Å². The van der Waals surface area contributed by atoms with Crippen molar-refractivity contribution in [2.45, 2.75) is 25.9 Å². The van der Waals surface area contributed by atoms with Crippen molar-refractivity contribution in [3.05, 3.63) is 63.8 Å². The molecule has 0 unspecified atom stereocenters. The Morgan fingerprint density at radius 2 is 1.94 bits per heavy atom. The van der Waals surface area contributed by atoms with Gasteiger partial charge in [0.15, 0.2) is 11.6 Å². The zero-order chi connectivity index (χ0) is 21.4. The Morgan fingerprint density at radius 3 is 2.77 bits per heavy atom. The van der Waals surface area contributed by atoms with Crippen LogP contribution in [-0.2, 0) is 20.1 Å². The van der Waals surface area contributed by atoms with Gasteiger partial charge in [-0.15, -0.1) is 25.2 Å². The summed E-state index contributed by atoms with van der Waals surface area (Å²) < 4.78 is 3.59. The maximum absolute atomic E-state index is 12.1. The Morgan fingerprint density at radius 1 is 1.06 bits per heavy atom. The topological polar surface area (TPSA) is 99.6 Å². The standard InChI is InChI=1S/C20H20ClN9O/c1-27-10-7-14(11-18(27)31)19-23-24-20-28(8-2-3-9-29(19)20)13-17-22-26-30(25-17)16-6-4-5-15(21)12-16/h4-7,10-12H,2-3,8-9,13H2,1H3. The number of aromatic nitrogens is 8. The molecule has 158 valence electrons. The molecule has 0 amide bonds. The molecule has 0 saturated heterocycles. The lowest BCUT2D eigenvalue weighted by molar-refractivity contribution is 0.651. The van der Waals surface area contributed by atoms with E-state index < -0.39 is 0 Å². The maximum Gasteiger partial charge on any atom is 0.250 e. The number of pyridine rings is 1. The summed E-state index contributed by atoms with van der Waals surface area (Å²) in [5.74, 6) is 2.01. The van der Waals surface area contributed by atoms with Crippen molar-refractivity contribution in [2.24, 2.45) is 7.05 Å². The highest BCUT2D eigenvalue weighted by molar-refractivity contribution is 6.30. The van der Waals surface area contributed by atoms with Gasteiger partial charge < -0.3 is 9.47 Å². The first-order chi connectivity index (χ1) is 15.1. The number of fused-ring (bicyclic) bond motifs is 1. The third-order valence-electron chi connectivity index (χ3n) is 5.26. The van der Waals surface area contributed by atoms with Crippen molar-refractivity contribution in [1.29, 1.82) is 0 Å². The first-order valence-electron chi connectivity index (χ1n) is 9.98. The maximum atomic E-state index is 12.1. The summed E-state index contributed by atoms with van der Waals surface area (Å²) in [5.41, 5.74) is 1.43. The van der Waals surface area contributed by atoms with E-state index in [1.807, 2.05) is 18.2 Å². The second kappa shape index (κ2) is 7.95. The minimum Gasteiger partial charge on any atom is -0.333 e. The van der Waals surface area contributed by atoms with E-state index in [0.717, 1.165) is 43.1 Å². The van der Waals surface area contributed by atoms with Crippen LogP contribution in [0.5, 0.6) is 0 Å². The lowest BCUT2D eigenvalue weighted by atomic mass is 10.2. The fraction of sp³-hybridized carbons (Fsp3) is 0.300. The van der Waals surface area contributed by atoms with Crippen LogP contribution in [0.15, 0.2) is 47.4 Å². The van der Waals surface area contributed by atoms with E-state index in [-0.39, 0.29) is 5.56 Å². The number of aryl methyl sites for hydroxylation is 1. The molecule has 31 heavy (non-hydrogen) atoms. The number of tetrazole rings is 1. The van der Waals surface area contributed by atoms with Crippen molar-refractivity contribution < 1.29 is 0 Å². The minimum atomic E-state index is -0.0813. The second-order valence-electron chi connectivity index (χ2n) is 7.44. The molecule has 0 saturated carbocycles. The zero-order valence-corrected chi connectivity index (χ0v) is 17.6. The fourth-order valence-corrected chi connectivity index (χ4v) is 3.83. The molecule has 0 aliphatic carbocycles. The summed E-state index contributed by atoms with van der Waals surface area (Å²) >= 11 is 6.07. The molecule has 1 aliphatic rings. The van der Waals surface area contributed by atoms with Crippen LogP contribution in [0.4, 0.5) is 5.95 Å². The molecule has 0 spiro atoms. The van der Waals surface area contributed by atoms with Gasteiger partial charge in [0.1, 0.15) is 0 Å². The molecule has 11 heteroatoms. The Labute approximate surface area is 182 Å². The smallest absolute Gasteiger partial charge is 0.250 e. The van der Waals surface area contributed by atoms with Crippen molar-refractivity contribution in [2.75, 3.05) is 11.4 Å². The van der Waals surface area contributed by atoms with Gasteiger partial charge in [0.05, 0.1) is 12.2 Å². The largest absolute Gasteiger partial charge is 0.333 e. The van der Waals surface area contributed by atoms with Gasteiger partial charge in [-0.1, -0.05) is 17.7 Å². The SMILES string of the molecule is Cn1ccc(-c2nnc3n2CCCCN3Cc2nnn(-c3cccc(Cl)c3)n2)cc1=O. The Hall–Kier alpha value is -3.53. The van der Waals surface area contributed by atoms with Crippen LogP contribution in [0, 0.1) is 0 Å². The first-order valence-corrected chi connectivity index (χ1v) is 10.4. The van der Waals surface area contributed by atoms with Crippen LogP contribution in [0.3, 0.4) is 0 Å². The van der Waals surface area contributed by atoms with Crippen molar-refractivity contribution in [1.82, 2.24) is 39.5 Å². The number of nitrogens with zero attached hydrogens (tertiary/aromatic N) is 9. The van der Waals surface area contributed by atoms with E-state index >= 15 is 0 Å². The first kappa shape index (κ1) is 19.4. The highest BCUT2D eigenvalue weighted by atomic mass is 35.5. The van der Waals surface area contributed by atoms with E-state index in [1.165, 1.54) is 9.36 Å². The molecule has 0 radical (unpaired) electrons. The lowest BCUT2D eigenvalue weighted by Crippen LogP contribution is -2.26. The van der Waals surface area contributed by atoms with Gasteiger partial charge in [0.25, 0.3) is 5.56 Å². The predicted molar refractivity (Wildman–Crippen MR) is 115 cm³/mol. The lowest BCUT2D eigenvalue weighted by Gasteiger charge is -2.19. The molecule has 0 atom stereocenters. The van der Waals surface area contributed by atoms with E-state index in [1.54, 1.807) is 31.4 Å². The zero-order valence-electron chi connectivity index (χ0n) is 16.9. The van der Waals surface area contributed by atoms with Gasteiger partial charge in [-0.25, -0.2) is 0 Å². The summed E-state index contributed by atoms with van der Waals surface area (Å²) in [6.45, 7) is 2.04. The number of halogens is 1. The van der Waals surface area contributed by atoms with E-state index in [4.69, 9.17) is 11.6 Å². The summed E-state index contributed by atoms with van der Waals surface area (Å²) in [6.07, 6.45) is 3.73. The van der Waals surface area contributed by atoms with Crippen LogP contribution in [0.25, 0.3) is 17.1 Å². The summed E-state index contributed by atoms with van der Waals surface area (Å²) in [6, 6.07) is 10.8. The number of benzene rings is 1. The molecule has 1 aromatic carbocycles. The minimum absolute atomic E-state index is 0.0813. The molecule has 0 N–H and O–H groups in total. The average molecular weight is 438 g/mol. The van der Waals surface area contributed by atoms with Gasteiger partial charge in [-0.05, 0) is 42.3 Å². The second-order valence-corrected chi connectivity index (χ2v) is 7.88. The number of hydrogen-bond acceptors (Lipinski definition) is 7. The Kier molecular flexibility index (Phi) is 4.99. The van der Waals surface area contributed by atoms with Crippen LogP contribution in [0.2, 0.25) is 5.02 Å². The van der Waals surface area contributed by atoms with Crippen LogP contribution in [0.1, 0.15) is 18.7 Å². The normalized spacial score (nSPS) is 13.8.